The van der Waals surface area contributed by atoms with Gasteiger partial charge in [-0.3, -0.25) is 24.0 Å². The molecule has 0 saturated heterocycles. The van der Waals surface area contributed by atoms with Crippen LogP contribution in [0.15, 0.2) is 76.2 Å². The first-order chi connectivity index (χ1) is 31.2. The number of allylic oxidation sites excluding steroid dienone is 2. The van der Waals surface area contributed by atoms with Crippen molar-refractivity contribution < 1.29 is 57.0 Å². The lowest BCUT2D eigenvalue weighted by Gasteiger charge is -2.42. The highest BCUT2D eigenvalue weighted by Gasteiger charge is 2.76. The van der Waals surface area contributed by atoms with Gasteiger partial charge in [0.1, 0.15) is 55.8 Å². The number of carbonyl (C=O) groups is 5. The summed E-state index contributed by atoms with van der Waals surface area (Å²) in [6.07, 6.45) is 0.988. The molecule has 4 aliphatic heterocycles. The van der Waals surface area contributed by atoms with Gasteiger partial charge in [0, 0.05) is 48.9 Å². The molecular formula is C47H35Cl2N4O12+. The lowest BCUT2D eigenvalue weighted by Crippen LogP contribution is -2.67. The van der Waals surface area contributed by atoms with E-state index in [1.54, 1.807) is 6.07 Å². The molecule has 0 saturated carbocycles. The number of ketones is 3. The van der Waals surface area contributed by atoms with Gasteiger partial charge in [0.05, 0.1) is 39.2 Å². The lowest BCUT2D eigenvalue weighted by molar-refractivity contribution is -0.447. The van der Waals surface area contributed by atoms with Crippen molar-refractivity contribution in [2.45, 2.75) is 43.9 Å². The van der Waals surface area contributed by atoms with E-state index in [0.29, 0.717) is 5.71 Å². The molecule has 65 heavy (non-hydrogen) atoms. The van der Waals surface area contributed by atoms with Crippen molar-refractivity contribution >= 4 is 58.1 Å². The number of nitrogens with zero attached hydrogens (tertiary/aromatic N) is 2. The number of rotatable bonds is 10. The Bertz CT molecular complexity index is 3130. The zero-order valence-corrected chi connectivity index (χ0v) is 36.4. The first kappa shape index (κ1) is 41.8. The number of benzene rings is 3. The summed E-state index contributed by atoms with van der Waals surface area (Å²) in [6, 6.07) is 15.0. The predicted octanol–water partition coefficient (Wildman–Crippen LogP) is 5.31. The molecule has 328 valence electrons. The van der Waals surface area contributed by atoms with Crippen LogP contribution in [0, 0.1) is 23.2 Å². The minimum absolute atomic E-state index is 0.0209. The van der Waals surface area contributed by atoms with E-state index in [1.807, 2.05) is 37.3 Å². The first-order valence-electron chi connectivity index (χ1n) is 20.4. The number of amides is 2. The number of halogens is 2. The fraction of sp³-hybridized carbons (Fsp3) is 0.277. The molecule has 2 N–H and O–H groups in total. The quantitative estimate of drug-likeness (QED) is 0.153. The molecule has 1 aromatic heterocycles. The molecule has 16 nitrogen and oxygen atoms in total. The largest absolute Gasteiger partial charge is 0.496 e. The number of pyridine rings is 1. The van der Waals surface area contributed by atoms with E-state index in [-0.39, 0.29) is 128 Å². The van der Waals surface area contributed by atoms with Crippen molar-refractivity contribution in [3.05, 3.63) is 125 Å². The summed E-state index contributed by atoms with van der Waals surface area (Å²) in [7, 11) is 4.12. The molecule has 4 unspecified atom stereocenters. The molecule has 6 aliphatic rings. The van der Waals surface area contributed by atoms with Gasteiger partial charge in [-0.1, -0.05) is 60.5 Å². The van der Waals surface area contributed by atoms with Crippen LogP contribution in [0.5, 0.6) is 34.5 Å². The molecule has 10 rings (SSSR count). The number of hydrogen-bond donors (Lipinski definition) is 2. The Balaban J connectivity index is 1.05. The second-order valence-corrected chi connectivity index (χ2v) is 17.0. The standard InChI is InChI=1S/C47H34Cl2N4O12/c1-20-12-27(54)25-15-26(44(58)51-19-21-8-6-5-7-9-21)45(59)53-40(25)46(20)41(53)33-30(17-32(62-4)35(48)37(33)64-46)63-11-10-23-14-28(55)24-13-22(18-50)43(57)52-39(24)47(23)42(56)34-29(60-2)16-31(61-3)36(49)38(34)65-47/h5-9,13,15-17,20,23H,10-12,14,19H2,1-4H3,(H-,51,52,55,57,58)/p+1. The van der Waals surface area contributed by atoms with Crippen LogP contribution in [0.25, 0.3) is 0 Å². The average Bonchev–Trinajstić information content (AvgIpc) is 3.77. The number of aromatic nitrogens is 1. The highest BCUT2D eigenvalue weighted by Crippen LogP contribution is 2.61. The third-order valence-electron chi connectivity index (χ3n) is 13.0. The summed E-state index contributed by atoms with van der Waals surface area (Å²) in [6.45, 7) is 1.74. The van der Waals surface area contributed by atoms with Gasteiger partial charge in [-0.2, -0.15) is 5.26 Å². The fourth-order valence-corrected chi connectivity index (χ4v) is 10.5. The number of carbonyl (C=O) groups excluding carboxylic acids is 5. The number of nitrogens with one attached hydrogen (secondary N) is 2. The van der Waals surface area contributed by atoms with E-state index < -0.39 is 52.0 Å². The highest BCUT2D eigenvalue weighted by molar-refractivity contribution is 6.36. The molecule has 5 heterocycles. The number of Topliss-reactive ketones (excluding diaryl/α,β-unsaturated/α-hetero) is 3. The molecule has 2 spiro atoms. The maximum Gasteiger partial charge on any atom is 0.431 e. The van der Waals surface area contributed by atoms with Crippen molar-refractivity contribution in [2.24, 2.45) is 11.8 Å². The van der Waals surface area contributed by atoms with E-state index in [2.05, 4.69) is 10.3 Å². The maximum atomic E-state index is 15.0. The van der Waals surface area contributed by atoms with Crippen molar-refractivity contribution in [3.8, 4) is 40.6 Å². The minimum atomic E-state index is -2.06. The minimum Gasteiger partial charge on any atom is -0.496 e. The number of nitriles is 1. The van der Waals surface area contributed by atoms with Crippen LogP contribution < -0.4 is 39.3 Å². The summed E-state index contributed by atoms with van der Waals surface area (Å²) < 4.78 is 37.9. The molecule has 0 bridgehead atoms. The van der Waals surface area contributed by atoms with Gasteiger partial charge < -0.3 is 38.7 Å². The van der Waals surface area contributed by atoms with Crippen molar-refractivity contribution in [2.75, 3.05) is 27.9 Å². The van der Waals surface area contributed by atoms with E-state index in [9.17, 15) is 34.0 Å². The monoisotopic (exact) mass is 917 g/mol. The number of methoxy groups -OCH3 is 3. The third-order valence-corrected chi connectivity index (χ3v) is 13.7. The zero-order chi connectivity index (χ0) is 45.9. The molecule has 4 aromatic rings. The molecule has 2 aliphatic carbocycles. The summed E-state index contributed by atoms with van der Waals surface area (Å²) >= 11 is 13.7. The number of hydrogen-bond acceptors (Lipinski definition) is 13. The molecule has 2 amide bonds. The van der Waals surface area contributed by atoms with E-state index in [0.717, 1.165) is 11.6 Å². The first-order valence-corrected chi connectivity index (χ1v) is 21.2. The highest BCUT2D eigenvalue weighted by atomic mass is 35.5. The summed E-state index contributed by atoms with van der Waals surface area (Å²) in [4.78, 5) is 86.5. The Labute approximate surface area is 378 Å². The van der Waals surface area contributed by atoms with Gasteiger partial charge >= 0.3 is 5.91 Å². The molecule has 0 radical (unpaired) electrons. The van der Waals surface area contributed by atoms with Crippen LogP contribution in [0.1, 0.15) is 69.3 Å². The second-order valence-electron chi connectivity index (χ2n) is 16.3. The topological polar surface area (TPSA) is 212 Å². The average molecular weight is 919 g/mol. The molecule has 3 aromatic carbocycles. The fourth-order valence-electron chi connectivity index (χ4n) is 9.95. The summed E-state index contributed by atoms with van der Waals surface area (Å²) in [5, 5.41) is 12.5. The van der Waals surface area contributed by atoms with Gasteiger partial charge in [-0.15, -0.1) is 4.58 Å². The Morgan fingerprint density at radius 1 is 0.892 bits per heavy atom. The number of ether oxygens (including phenoxy) is 6. The van der Waals surface area contributed by atoms with Crippen molar-refractivity contribution in [1.82, 2.24) is 10.3 Å². The number of H-pyrrole nitrogens is 1. The van der Waals surface area contributed by atoms with E-state index >= 15 is 0 Å². The SMILES string of the molecule is COc1cc(OC)c2c(c1Cl)OC1(C2=O)c2[nH]c(=O)c(C#N)cc2C(=O)CC1CCOc1cc(OC)c(Cl)c2c1C1=[N+]3C(=O)C(C(=O)NCc4ccccc4)=CC4=C3C1(O2)C(C)CC4=O. The van der Waals surface area contributed by atoms with Crippen LogP contribution in [-0.4, -0.2) is 78.0 Å². The van der Waals surface area contributed by atoms with Gasteiger partial charge in [-0.05, 0) is 24.1 Å². The van der Waals surface area contributed by atoms with Gasteiger partial charge in [0.2, 0.25) is 11.4 Å². The lowest BCUT2D eigenvalue weighted by atomic mass is 9.65. The van der Waals surface area contributed by atoms with E-state index in [4.69, 9.17) is 51.6 Å². The van der Waals surface area contributed by atoms with Gasteiger partial charge in [-0.25, -0.2) is 4.79 Å². The van der Waals surface area contributed by atoms with Crippen LogP contribution in [0.3, 0.4) is 0 Å². The normalized spacial score (nSPS) is 22.9. The zero-order valence-electron chi connectivity index (χ0n) is 34.9. The third kappa shape index (κ3) is 5.64. The summed E-state index contributed by atoms with van der Waals surface area (Å²) in [5.74, 6) is -3.78. The Kier molecular flexibility index (Phi) is 9.59. The van der Waals surface area contributed by atoms with Gasteiger partial charge in [0.15, 0.2) is 28.6 Å². The molecule has 18 heteroatoms. The Morgan fingerprint density at radius 2 is 1.55 bits per heavy atom. The van der Waals surface area contributed by atoms with Crippen LogP contribution >= 0.6 is 23.2 Å². The summed E-state index contributed by atoms with van der Waals surface area (Å²) in [5.41, 5.74) is -3.26. The maximum absolute atomic E-state index is 15.0. The number of fused-ring (bicyclic) bond motifs is 5. The van der Waals surface area contributed by atoms with Crippen LogP contribution in [0.4, 0.5) is 0 Å². The van der Waals surface area contributed by atoms with Crippen LogP contribution in [-0.2, 0) is 26.5 Å². The predicted molar refractivity (Wildman–Crippen MR) is 228 cm³/mol. The van der Waals surface area contributed by atoms with E-state index in [1.165, 1.54) is 44.1 Å². The second kappa shape index (κ2) is 14.9. The molecular weight excluding hydrogens is 883 g/mol. The smallest absolute Gasteiger partial charge is 0.431 e. The number of aromatic amines is 1. The Hall–Kier alpha value is -7.22. The van der Waals surface area contributed by atoms with Crippen LogP contribution in [0.2, 0.25) is 10.0 Å². The van der Waals surface area contributed by atoms with Crippen molar-refractivity contribution in [3.63, 3.8) is 0 Å². The van der Waals surface area contributed by atoms with Gasteiger partial charge in [0.25, 0.3) is 28.5 Å². The molecule has 0 fully saturated rings. The molecule has 4 atom stereocenters. The van der Waals surface area contributed by atoms with Crippen molar-refractivity contribution in [1.29, 1.82) is 5.26 Å². The Morgan fingerprint density at radius 3 is 2.23 bits per heavy atom.